The lowest BCUT2D eigenvalue weighted by Crippen LogP contribution is -2.61. The highest BCUT2D eigenvalue weighted by atomic mass is 32.2. The molecule has 0 bridgehead atoms. The molecule has 1 aromatic heterocycles. The molecule has 2 rings (SSSR count). The molecular weight excluding hydrogens is 959 g/mol. The van der Waals surface area contributed by atoms with E-state index in [0.717, 1.165) is 0 Å². The van der Waals surface area contributed by atoms with Gasteiger partial charge in [0, 0.05) is 35.0 Å². The topological polar surface area (TPSA) is 375 Å². The molecular formula is C43H67N11O12S3. The molecule has 0 spiro atoms. The first-order valence-electron chi connectivity index (χ1n) is 22.1. The van der Waals surface area contributed by atoms with Crippen molar-refractivity contribution < 1.29 is 58.2 Å². The van der Waals surface area contributed by atoms with Gasteiger partial charge < -0.3 is 69.2 Å². The summed E-state index contributed by atoms with van der Waals surface area (Å²) in [5.41, 5.74) is 12.4. The molecule has 69 heavy (non-hydrogen) atoms. The van der Waals surface area contributed by atoms with Crippen molar-refractivity contribution in [1.82, 2.24) is 47.5 Å². The second-order valence-electron chi connectivity index (χ2n) is 16.7. The van der Waals surface area contributed by atoms with E-state index in [2.05, 4.69) is 72.8 Å². The van der Waals surface area contributed by atoms with Crippen molar-refractivity contribution in [1.29, 1.82) is 0 Å². The summed E-state index contributed by atoms with van der Waals surface area (Å²) in [5.74, 6) is -10.3. The van der Waals surface area contributed by atoms with Gasteiger partial charge in [-0.3, -0.25) is 43.2 Å². The second-order valence-corrected chi connectivity index (χ2v) is 18.4. The number of amides is 9. The van der Waals surface area contributed by atoms with Gasteiger partial charge in [0.25, 0.3) is 0 Å². The van der Waals surface area contributed by atoms with Crippen LogP contribution in [0.2, 0.25) is 0 Å². The third kappa shape index (κ3) is 19.0. The fourth-order valence-corrected chi connectivity index (χ4v) is 7.54. The number of aromatic amines is 1. The highest BCUT2D eigenvalue weighted by molar-refractivity contribution is 7.98. The van der Waals surface area contributed by atoms with E-state index >= 15 is 0 Å². The minimum atomic E-state index is -1.65. The lowest BCUT2D eigenvalue weighted by molar-refractivity contribution is -0.144. The molecule has 0 saturated carbocycles. The van der Waals surface area contributed by atoms with Crippen molar-refractivity contribution in [3.8, 4) is 0 Å². The van der Waals surface area contributed by atoms with Crippen LogP contribution in [0, 0.1) is 11.8 Å². The average Bonchev–Trinajstić information content (AvgIpc) is 3.71. The van der Waals surface area contributed by atoms with Crippen LogP contribution in [0.15, 0.2) is 30.5 Å². The summed E-state index contributed by atoms with van der Waals surface area (Å²) in [6.07, 6.45) is 1.50. The molecule has 15 N–H and O–H groups in total. The van der Waals surface area contributed by atoms with E-state index in [1.54, 1.807) is 64.4 Å². The highest BCUT2D eigenvalue weighted by Gasteiger charge is 2.36. The summed E-state index contributed by atoms with van der Waals surface area (Å²) < 4.78 is 0. The van der Waals surface area contributed by atoms with Crippen LogP contribution in [0.1, 0.15) is 59.4 Å². The van der Waals surface area contributed by atoms with Crippen LogP contribution in [0.25, 0.3) is 10.9 Å². The molecule has 0 saturated heterocycles. The third-order valence-corrected chi connectivity index (χ3v) is 12.3. The number of carbonyl (C=O) groups is 10. The first-order chi connectivity index (χ1) is 32.5. The third-order valence-electron chi connectivity index (χ3n) is 10.9. The van der Waals surface area contributed by atoms with Crippen LogP contribution in [0.4, 0.5) is 0 Å². The Kier molecular flexibility index (Phi) is 25.4. The molecule has 1 heterocycles. The molecule has 2 aromatic rings. The summed E-state index contributed by atoms with van der Waals surface area (Å²) in [5, 5.41) is 40.5. The number of hydrogen-bond donors (Lipinski definition) is 15. The second kappa shape index (κ2) is 29.5. The SMILES string of the molecule is CC[C@H](C)[C@H](NC(=O)[C@@H](N)CS)C(=O)N[C@@H](CC(N)=O)C(=O)NCC(=O)N[C@@H](CCSC)C(=O)N[C@@H](CS)C(=O)N[C@@H](Cc1c[nH]c2ccccc12)C(=O)N[C@H](C(=O)N[C@H](C(=O)O)C(C)C)[C@@H](C)O. The number of rotatable bonds is 30. The van der Waals surface area contributed by atoms with E-state index in [4.69, 9.17) is 11.5 Å². The molecule has 23 nitrogen and oxygen atoms in total. The normalized spacial score (nSPS) is 15.6. The Morgan fingerprint density at radius 2 is 1.28 bits per heavy atom. The van der Waals surface area contributed by atoms with E-state index in [1.807, 2.05) is 0 Å². The number of fused-ring (bicyclic) bond motifs is 1. The van der Waals surface area contributed by atoms with E-state index in [-0.39, 0.29) is 24.3 Å². The van der Waals surface area contributed by atoms with Crippen LogP contribution in [0.3, 0.4) is 0 Å². The number of aliphatic carboxylic acids is 1. The number of benzene rings is 1. The molecule has 0 aliphatic heterocycles. The molecule has 384 valence electrons. The summed E-state index contributed by atoms with van der Waals surface area (Å²) in [7, 11) is 0. The number of aromatic nitrogens is 1. The van der Waals surface area contributed by atoms with Crippen LogP contribution >= 0.6 is 37.0 Å². The molecule has 0 radical (unpaired) electrons. The number of primary amides is 1. The number of H-pyrrole nitrogens is 1. The van der Waals surface area contributed by atoms with Gasteiger partial charge in [0.2, 0.25) is 53.2 Å². The zero-order valence-corrected chi connectivity index (χ0v) is 41.9. The molecule has 10 atom stereocenters. The van der Waals surface area contributed by atoms with E-state index < -0.39 is 138 Å². The van der Waals surface area contributed by atoms with Crippen molar-refractivity contribution >= 4 is 107 Å². The first-order valence-corrected chi connectivity index (χ1v) is 24.7. The Labute approximate surface area is 415 Å². The Hall–Kier alpha value is -5.57. The predicted octanol–water partition coefficient (Wildman–Crippen LogP) is -2.80. The number of para-hydroxylation sites is 1. The van der Waals surface area contributed by atoms with Gasteiger partial charge in [0.15, 0.2) is 0 Å². The van der Waals surface area contributed by atoms with E-state index in [1.165, 1.54) is 18.7 Å². The largest absolute Gasteiger partial charge is 0.480 e. The number of carboxylic acids is 1. The van der Waals surface area contributed by atoms with Crippen molar-refractivity contribution in [3.05, 3.63) is 36.0 Å². The minimum Gasteiger partial charge on any atom is -0.480 e. The Morgan fingerprint density at radius 3 is 1.84 bits per heavy atom. The number of nitrogens with two attached hydrogens (primary N) is 2. The lowest BCUT2D eigenvalue weighted by atomic mass is 9.97. The average molecular weight is 1030 g/mol. The van der Waals surface area contributed by atoms with Gasteiger partial charge in [0.05, 0.1) is 25.1 Å². The predicted molar refractivity (Wildman–Crippen MR) is 265 cm³/mol. The maximum absolute atomic E-state index is 14.0. The summed E-state index contributed by atoms with van der Waals surface area (Å²) in [6.45, 7) is 7.04. The van der Waals surface area contributed by atoms with Crippen LogP contribution in [0.5, 0.6) is 0 Å². The molecule has 0 aliphatic carbocycles. The van der Waals surface area contributed by atoms with E-state index in [9.17, 15) is 58.2 Å². The van der Waals surface area contributed by atoms with Crippen molar-refractivity contribution in [2.45, 2.75) is 115 Å². The van der Waals surface area contributed by atoms with Crippen molar-refractivity contribution in [2.75, 3.05) is 30.1 Å². The molecule has 1 aromatic carbocycles. The number of aliphatic hydroxyl groups is 1. The number of hydrogen-bond acceptors (Lipinski definition) is 15. The molecule has 9 amide bonds. The molecule has 0 fully saturated rings. The zero-order valence-electron chi connectivity index (χ0n) is 39.3. The summed E-state index contributed by atoms with van der Waals surface area (Å²) in [4.78, 5) is 134. The fraction of sp³-hybridized carbons (Fsp3) is 0.581. The van der Waals surface area contributed by atoms with Crippen molar-refractivity contribution in [3.63, 3.8) is 0 Å². The Balaban J connectivity index is 2.29. The smallest absolute Gasteiger partial charge is 0.326 e. The Bertz CT molecular complexity index is 2130. The number of thioether (sulfide) groups is 1. The number of nitrogens with one attached hydrogen (secondary N) is 9. The van der Waals surface area contributed by atoms with Gasteiger partial charge >= 0.3 is 5.97 Å². The maximum Gasteiger partial charge on any atom is 0.326 e. The fourth-order valence-electron chi connectivity index (χ4n) is 6.64. The molecule has 0 unspecified atom stereocenters. The van der Waals surface area contributed by atoms with Crippen LogP contribution in [-0.4, -0.2) is 159 Å². The zero-order chi connectivity index (χ0) is 52.1. The highest BCUT2D eigenvalue weighted by Crippen LogP contribution is 2.20. The number of aliphatic hydroxyl groups excluding tert-OH is 1. The molecule has 0 aliphatic rings. The summed E-state index contributed by atoms with van der Waals surface area (Å²) >= 11 is 9.60. The van der Waals surface area contributed by atoms with Gasteiger partial charge in [-0.15, -0.1) is 0 Å². The van der Waals surface area contributed by atoms with Gasteiger partial charge in [-0.25, -0.2) is 4.79 Å². The van der Waals surface area contributed by atoms with E-state index in [0.29, 0.717) is 28.6 Å². The quantitative estimate of drug-likeness (QED) is 0.0352. The van der Waals surface area contributed by atoms with Crippen molar-refractivity contribution in [2.24, 2.45) is 23.3 Å². The van der Waals surface area contributed by atoms with Gasteiger partial charge in [-0.2, -0.15) is 37.0 Å². The van der Waals surface area contributed by atoms with Crippen LogP contribution in [-0.2, 0) is 54.4 Å². The monoisotopic (exact) mass is 1030 g/mol. The van der Waals surface area contributed by atoms with Gasteiger partial charge in [-0.05, 0) is 48.8 Å². The molecule has 26 heteroatoms. The summed E-state index contributed by atoms with van der Waals surface area (Å²) in [6, 6.07) is -3.78. The standard InChI is InChI=1S/C43H67N11O12S3/c1-7-21(4)34(53-36(58)25(44)18-67)41(63)50-29(15-31(45)56)37(59)47-17-32(57)48-27(12-13-69-6)38(60)51-30(19-68)40(62)49-28(14-23-16-46-26-11-9-8-10-24(23)26)39(61)54-35(22(5)55)42(64)52-33(20(2)3)43(65)66/h8-11,16,20-22,25,27-30,33-35,46,55,67-68H,7,12-15,17-19,44H2,1-6H3,(H2,45,56)(H,47,59)(H,48,57)(H,49,62)(H,50,63)(H,51,60)(H,52,64)(H,53,58)(H,54,61)(H,65,66)/t21-,22+,25-,27-,28-,29-,30-,33-,34-,35-/m0/s1. The lowest BCUT2D eigenvalue weighted by Gasteiger charge is -2.28. The number of carbonyl (C=O) groups excluding carboxylic acids is 9. The maximum atomic E-state index is 14.0. The first kappa shape index (κ1) is 59.6. The van der Waals surface area contributed by atoms with Crippen LogP contribution < -0.4 is 54.0 Å². The minimum absolute atomic E-state index is 0.0101. The van der Waals surface area contributed by atoms with Gasteiger partial charge in [0.1, 0.15) is 42.3 Å². The van der Waals surface area contributed by atoms with Gasteiger partial charge in [-0.1, -0.05) is 52.3 Å². The number of carboxylic acid groups (broad SMARTS) is 1. The number of thiol groups is 2. The Morgan fingerprint density at radius 1 is 0.710 bits per heavy atom.